The Morgan fingerprint density at radius 3 is 2.44 bits per heavy atom. The van der Waals surface area contributed by atoms with Crippen LogP contribution in [-0.4, -0.2) is 20.5 Å². The monoisotopic (exact) mass is 386 g/mol. The van der Waals surface area contributed by atoms with E-state index in [1.54, 1.807) is 25.1 Å². The summed E-state index contributed by atoms with van der Waals surface area (Å²) in [5.74, 6) is 0.586. The first-order chi connectivity index (χ1) is 12.7. The van der Waals surface area contributed by atoms with Gasteiger partial charge in [0.15, 0.2) is 0 Å². The van der Waals surface area contributed by atoms with Crippen molar-refractivity contribution in [2.24, 2.45) is 0 Å². The average Bonchev–Trinajstić information content (AvgIpc) is 2.63. The number of hydrogen-bond donors (Lipinski definition) is 2. The lowest BCUT2D eigenvalue weighted by Gasteiger charge is -2.11. The zero-order chi connectivity index (χ0) is 19.8. The van der Waals surface area contributed by atoms with Gasteiger partial charge in [0, 0.05) is 12.1 Å². The van der Waals surface area contributed by atoms with E-state index in [-0.39, 0.29) is 17.0 Å². The largest absolute Gasteiger partial charge is 0.497 e. The third-order valence-electron chi connectivity index (χ3n) is 4.75. The number of hydrogen-bond acceptors (Lipinski definition) is 4. The topological polar surface area (TPSA) is 88.3 Å². The lowest BCUT2D eigenvalue weighted by atomic mass is 10.0. The minimum absolute atomic E-state index is 0.0913. The molecule has 0 spiro atoms. The molecule has 2 N–H and O–H groups in total. The van der Waals surface area contributed by atoms with Gasteiger partial charge in [0.2, 0.25) is 10.0 Å². The van der Waals surface area contributed by atoms with E-state index in [2.05, 4.69) is 9.71 Å². The fourth-order valence-corrected chi connectivity index (χ4v) is 4.23. The van der Waals surface area contributed by atoms with Gasteiger partial charge in [-0.05, 0) is 67.1 Å². The summed E-state index contributed by atoms with van der Waals surface area (Å²) < 4.78 is 32.9. The van der Waals surface area contributed by atoms with E-state index in [0.29, 0.717) is 16.9 Å². The molecule has 1 heterocycles. The quantitative estimate of drug-likeness (QED) is 0.706. The van der Waals surface area contributed by atoms with Crippen LogP contribution in [0.3, 0.4) is 0 Å². The molecule has 0 fully saturated rings. The minimum atomic E-state index is -3.76. The number of methoxy groups -OCH3 is 1. The number of nitrogens with one attached hydrogen (secondary N) is 2. The molecule has 0 unspecified atom stereocenters. The second-order valence-corrected chi connectivity index (χ2v) is 8.29. The number of benzene rings is 2. The Morgan fingerprint density at radius 1 is 1.04 bits per heavy atom. The maximum atomic E-state index is 12.6. The van der Waals surface area contributed by atoms with Gasteiger partial charge in [0.05, 0.1) is 17.5 Å². The number of H-pyrrole nitrogens is 1. The first-order valence-corrected chi connectivity index (χ1v) is 9.97. The lowest BCUT2D eigenvalue weighted by molar-refractivity contribution is 0.414. The Labute approximate surface area is 158 Å². The van der Waals surface area contributed by atoms with Gasteiger partial charge in [-0.2, -0.15) is 0 Å². The summed E-state index contributed by atoms with van der Waals surface area (Å²) in [6.45, 7) is 5.53. The molecule has 3 aromatic rings. The molecule has 0 saturated carbocycles. The van der Waals surface area contributed by atoms with Gasteiger partial charge < -0.3 is 9.72 Å². The van der Waals surface area contributed by atoms with Crippen molar-refractivity contribution >= 4 is 20.9 Å². The summed E-state index contributed by atoms with van der Waals surface area (Å²) >= 11 is 0. The highest BCUT2D eigenvalue weighted by Crippen LogP contribution is 2.22. The van der Waals surface area contributed by atoms with E-state index in [4.69, 9.17) is 4.74 Å². The molecule has 0 saturated heterocycles. The van der Waals surface area contributed by atoms with E-state index in [0.717, 1.165) is 22.0 Å². The molecule has 6 nitrogen and oxygen atoms in total. The van der Waals surface area contributed by atoms with Crippen molar-refractivity contribution in [1.29, 1.82) is 0 Å². The Kier molecular flexibility index (Phi) is 5.08. The van der Waals surface area contributed by atoms with Crippen molar-refractivity contribution < 1.29 is 13.2 Å². The molecule has 1 aromatic heterocycles. The van der Waals surface area contributed by atoms with Gasteiger partial charge >= 0.3 is 0 Å². The van der Waals surface area contributed by atoms with Crippen LogP contribution in [0.2, 0.25) is 0 Å². The van der Waals surface area contributed by atoms with Crippen molar-refractivity contribution in [3.63, 3.8) is 0 Å². The van der Waals surface area contributed by atoms with Crippen molar-refractivity contribution in [1.82, 2.24) is 9.71 Å². The molecule has 0 radical (unpaired) electrons. The van der Waals surface area contributed by atoms with Crippen LogP contribution in [0.15, 0.2) is 46.1 Å². The van der Waals surface area contributed by atoms with E-state index in [9.17, 15) is 13.2 Å². The van der Waals surface area contributed by atoms with Crippen LogP contribution >= 0.6 is 0 Å². The number of fused-ring (bicyclic) bond motifs is 1. The third-order valence-corrected chi connectivity index (χ3v) is 6.31. The van der Waals surface area contributed by atoms with Crippen molar-refractivity contribution in [2.75, 3.05) is 7.11 Å². The molecule has 7 heteroatoms. The van der Waals surface area contributed by atoms with Gasteiger partial charge in [-0.15, -0.1) is 0 Å². The number of ether oxygens (including phenoxy) is 1. The molecule has 0 aliphatic rings. The van der Waals surface area contributed by atoms with Gasteiger partial charge in [0.1, 0.15) is 5.75 Å². The number of sulfonamides is 1. The highest BCUT2D eigenvalue weighted by Gasteiger charge is 2.18. The molecule has 0 atom stereocenters. The standard InChI is InChI=1S/C20H22N2O4S/c1-12-5-6-15-10-16(20(23)22-19(15)14(12)3)11-21-27(24,25)18-8-7-17(26-4)9-13(18)2/h5-10,21H,11H2,1-4H3,(H,22,23). The zero-order valence-electron chi connectivity index (χ0n) is 15.7. The van der Waals surface area contributed by atoms with E-state index >= 15 is 0 Å². The van der Waals surface area contributed by atoms with Crippen LogP contribution < -0.4 is 15.0 Å². The molecule has 142 valence electrons. The maximum absolute atomic E-state index is 12.6. The molecule has 0 amide bonds. The predicted octanol–water partition coefficient (Wildman–Crippen LogP) is 2.94. The number of aromatic nitrogens is 1. The highest BCUT2D eigenvalue weighted by molar-refractivity contribution is 7.89. The summed E-state index contributed by atoms with van der Waals surface area (Å²) in [5, 5.41) is 0.868. The average molecular weight is 386 g/mol. The van der Waals surface area contributed by atoms with E-state index in [1.165, 1.54) is 13.2 Å². The van der Waals surface area contributed by atoms with Gasteiger partial charge in [-0.3, -0.25) is 4.79 Å². The van der Waals surface area contributed by atoms with Crippen LogP contribution in [0.4, 0.5) is 0 Å². The first-order valence-electron chi connectivity index (χ1n) is 8.49. The summed E-state index contributed by atoms with van der Waals surface area (Å²) in [7, 11) is -2.23. The Bertz CT molecular complexity index is 1180. The molecule has 27 heavy (non-hydrogen) atoms. The van der Waals surface area contributed by atoms with Crippen LogP contribution in [-0.2, 0) is 16.6 Å². The normalized spacial score (nSPS) is 11.7. The van der Waals surface area contributed by atoms with E-state index in [1.807, 2.05) is 26.0 Å². The number of aryl methyl sites for hydroxylation is 3. The van der Waals surface area contributed by atoms with Crippen molar-refractivity contribution in [3.8, 4) is 5.75 Å². The lowest BCUT2D eigenvalue weighted by Crippen LogP contribution is -2.27. The maximum Gasteiger partial charge on any atom is 0.252 e. The number of pyridine rings is 1. The molecule has 3 rings (SSSR count). The molecular formula is C20H22N2O4S. The summed E-state index contributed by atoms with van der Waals surface area (Å²) in [6.07, 6.45) is 0. The van der Waals surface area contributed by atoms with E-state index < -0.39 is 10.0 Å². The summed E-state index contributed by atoms with van der Waals surface area (Å²) in [5.41, 5.74) is 3.50. The molecular weight excluding hydrogens is 364 g/mol. The van der Waals surface area contributed by atoms with Crippen LogP contribution in [0.1, 0.15) is 22.3 Å². The Balaban J connectivity index is 1.91. The summed E-state index contributed by atoms with van der Waals surface area (Å²) in [4.78, 5) is 15.4. The minimum Gasteiger partial charge on any atom is -0.497 e. The van der Waals surface area contributed by atoms with Crippen LogP contribution in [0.25, 0.3) is 10.9 Å². The van der Waals surface area contributed by atoms with Crippen molar-refractivity contribution in [3.05, 3.63) is 69.0 Å². The highest BCUT2D eigenvalue weighted by atomic mass is 32.2. The predicted molar refractivity (Wildman–Crippen MR) is 106 cm³/mol. The fourth-order valence-electron chi connectivity index (χ4n) is 3.00. The Hall–Kier alpha value is -2.64. The SMILES string of the molecule is COc1ccc(S(=O)(=O)NCc2cc3ccc(C)c(C)c3[nH]c2=O)c(C)c1. The second-order valence-electron chi connectivity index (χ2n) is 6.55. The molecule has 0 aliphatic heterocycles. The zero-order valence-corrected chi connectivity index (χ0v) is 16.5. The molecule has 2 aromatic carbocycles. The fraction of sp³-hybridized carbons (Fsp3) is 0.250. The van der Waals surface area contributed by atoms with Gasteiger partial charge in [0.25, 0.3) is 5.56 Å². The van der Waals surface area contributed by atoms with Gasteiger partial charge in [-0.1, -0.05) is 12.1 Å². The molecule has 0 bridgehead atoms. The third kappa shape index (κ3) is 3.74. The second kappa shape index (κ2) is 7.17. The Morgan fingerprint density at radius 2 is 1.78 bits per heavy atom. The van der Waals surface area contributed by atoms with Crippen molar-refractivity contribution in [2.45, 2.75) is 32.2 Å². The smallest absolute Gasteiger partial charge is 0.252 e. The van der Waals surface area contributed by atoms with Crippen LogP contribution in [0.5, 0.6) is 5.75 Å². The molecule has 0 aliphatic carbocycles. The number of aromatic amines is 1. The van der Waals surface area contributed by atoms with Gasteiger partial charge in [-0.25, -0.2) is 13.1 Å². The first kappa shape index (κ1) is 19.1. The van der Waals surface area contributed by atoms with Crippen LogP contribution in [0, 0.1) is 20.8 Å². The number of rotatable bonds is 5. The summed E-state index contributed by atoms with van der Waals surface area (Å²) in [6, 6.07) is 10.4.